The number of nitrogens with zero attached hydrogens (tertiary/aromatic N) is 2. The van der Waals surface area contributed by atoms with Gasteiger partial charge in [0.2, 0.25) is 0 Å². The minimum absolute atomic E-state index is 0.597. The highest BCUT2D eigenvalue weighted by molar-refractivity contribution is 5.82. The van der Waals surface area contributed by atoms with E-state index in [9.17, 15) is 0 Å². The molecule has 3 heteroatoms. The summed E-state index contributed by atoms with van der Waals surface area (Å²) in [6.07, 6.45) is 2.48. The second-order valence-electron chi connectivity index (χ2n) is 6.12. The minimum Gasteiger partial charge on any atom is -0.399 e. The second kappa shape index (κ2) is 4.35. The van der Waals surface area contributed by atoms with E-state index in [1.54, 1.807) is 0 Å². The maximum absolute atomic E-state index is 5.91. The van der Waals surface area contributed by atoms with Gasteiger partial charge in [-0.05, 0) is 56.5 Å². The van der Waals surface area contributed by atoms with Crippen LogP contribution < -0.4 is 5.73 Å². The average molecular weight is 277 g/mol. The molecule has 0 bridgehead atoms. The van der Waals surface area contributed by atoms with E-state index in [2.05, 4.69) is 42.7 Å². The van der Waals surface area contributed by atoms with Crippen LogP contribution in [0.4, 0.5) is 5.69 Å². The number of fused-ring (bicyclic) bond motifs is 1. The summed E-state index contributed by atoms with van der Waals surface area (Å²) in [5.41, 5.74) is 12.6. The van der Waals surface area contributed by atoms with Crippen LogP contribution in [-0.2, 0) is 0 Å². The summed E-state index contributed by atoms with van der Waals surface area (Å²) in [6.45, 7) is 4.30. The standard InChI is InChI=1S/C18H19N3/c1-11-3-7-16(12(2)9-11)21-17-8-6-14(19)10-15(17)20-18(21)13-4-5-13/h3,6-10,13H,4-5,19H2,1-2H3. The van der Waals surface area contributed by atoms with Crippen LogP contribution in [0.5, 0.6) is 0 Å². The summed E-state index contributed by atoms with van der Waals surface area (Å²) < 4.78 is 2.32. The molecular weight excluding hydrogens is 258 g/mol. The largest absolute Gasteiger partial charge is 0.399 e. The molecule has 0 amide bonds. The Morgan fingerprint density at radius 1 is 1.10 bits per heavy atom. The highest BCUT2D eigenvalue weighted by Gasteiger charge is 2.30. The fourth-order valence-electron chi connectivity index (χ4n) is 3.04. The Bertz CT molecular complexity index is 841. The van der Waals surface area contributed by atoms with Gasteiger partial charge in [0.25, 0.3) is 0 Å². The van der Waals surface area contributed by atoms with Crippen molar-refractivity contribution in [3.05, 3.63) is 53.3 Å². The van der Waals surface area contributed by atoms with Crippen LogP contribution in [0.3, 0.4) is 0 Å². The molecule has 0 spiro atoms. The molecule has 1 heterocycles. The Morgan fingerprint density at radius 2 is 1.90 bits per heavy atom. The summed E-state index contributed by atoms with van der Waals surface area (Å²) in [7, 11) is 0. The summed E-state index contributed by atoms with van der Waals surface area (Å²) in [5.74, 6) is 1.78. The molecule has 0 radical (unpaired) electrons. The molecule has 3 nitrogen and oxygen atoms in total. The van der Waals surface area contributed by atoms with E-state index in [0.717, 1.165) is 16.7 Å². The first-order valence-corrected chi connectivity index (χ1v) is 7.49. The number of nitrogens with two attached hydrogens (primary N) is 1. The first-order chi connectivity index (χ1) is 10.1. The van der Waals surface area contributed by atoms with E-state index in [1.165, 1.54) is 35.5 Å². The van der Waals surface area contributed by atoms with Crippen molar-refractivity contribution in [2.24, 2.45) is 0 Å². The fourth-order valence-corrected chi connectivity index (χ4v) is 3.04. The summed E-state index contributed by atoms with van der Waals surface area (Å²) in [4.78, 5) is 4.86. The molecule has 4 rings (SSSR count). The lowest BCUT2D eigenvalue weighted by molar-refractivity contribution is 0.891. The molecular formula is C18H19N3. The molecule has 21 heavy (non-hydrogen) atoms. The normalized spacial score (nSPS) is 14.8. The first-order valence-electron chi connectivity index (χ1n) is 7.49. The zero-order valence-electron chi connectivity index (χ0n) is 12.4. The van der Waals surface area contributed by atoms with Crippen LogP contribution >= 0.6 is 0 Å². The van der Waals surface area contributed by atoms with Gasteiger partial charge in [-0.3, -0.25) is 4.57 Å². The predicted octanol–water partition coefficient (Wildman–Crippen LogP) is 4.10. The lowest BCUT2D eigenvalue weighted by Crippen LogP contribution is -2.02. The smallest absolute Gasteiger partial charge is 0.117 e. The van der Waals surface area contributed by atoms with Gasteiger partial charge in [-0.15, -0.1) is 0 Å². The van der Waals surface area contributed by atoms with Crippen molar-refractivity contribution in [2.75, 3.05) is 5.73 Å². The van der Waals surface area contributed by atoms with E-state index < -0.39 is 0 Å². The van der Waals surface area contributed by atoms with Crippen molar-refractivity contribution >= 4 is 16.7 Å². The lowest BCUT2D eigenvalue weighted by Gasteiger charge is -2.12. The van der Waals surface area contributed by atoms with Crippen LogP contribution in [0.1, 0.15) is 35.7 Å². The molecule has 0 aliphatic heterocycles. The van der Waals surface area contributed by atoms with Gasteiger partial charge in [0.05, 0.1) is 16.7 Å². The van der Waals surface area contributed by atoms with Crippen LogP contribution in [0, 0.1) is 13.8 Å². The zero-order valence-corrected chi connectivity index (χ0v) is 12.4. The Morgan fingerprint density at radius 3 is 2.62 bits per heavy atom. The Labute approximate surface area is 124 Å². The third-order valence-electron chi connectivity index (χ3n) is 4.24. The number of aryl methyl sites for hydroxylation is 2. The van der Waals surface area contributed by atoms with Crippen molar-refractivity contribution in [3.63, 3.8) is 0 Å². The van der Waals surface area contributed by atoms with Gasteiger partial charge in [0.15, 0.2) is 0 Å². The van der Waals surface area contributed by atoms with E-state index in [0.29, 0.717) is 5.92 Å². The van der Waals surface area contributed by atoms with E-state index in [1.807, 2.05) is 12.1 Å². The Hall–Kier alpha value is -2.29. The van der Waals surface area contributed by atoms with E-state index in [-0.39, 0.29) is 0 Å². The molecule has 0 unspecified atom stereocenters. The van der Waals surface area contributed by atoms with E-state index >= 15 is 0 Å². The van der Waals surface area contributed by atoms with Crippen molar-refractivity contribution in [2.45, 2.75) is 32.6 Å². The SMILES string of the molecule is Cc1ccc(-n2c(C3CC3)nc3cc(N)ccc32)c(C)c1. The molecule has 1 saturated carbocycles. The highest BCUT2D eigenvalue weighted by atomic mass is 15.1. The van der Waals surface area contributed by atoms with Crippen molar-refractivity contribution in [1.29, 1.82) is 0 Å². The molecule has 0 atom stereocenters. The molecule has 1 aliphatic carbocycles. The fraction of sp³-hybridized carbons (Fsp3) is 0.278. The summed E-state index contributed by atoms with van der Waals surface area (Å²) in [6, 6.07) is 12.6. The molecule has 3 aromatic rings. The summed E-state index contributed by atoms with van der Waals surface area (Å²) in [5, 5.41) is 0. The van der Waals surface area contributed by atoms with Crippen LogP contribution in [0.2, 0.25) is 0 Å². The molecule has 0 saturated heterocycles. The van der Waals surface area contributed by atoms with E-state index in [4.69, 9.17) is 10.7 Å². The third-order valence-corrected chi connectivity index (χ3v) is 4.24. The average Bonchev–Trinajstić information content (AvgIpc) is 3.21. The molecule has 106 valence electrons. The number of aromatic nitrogens is 2. The molecule has 2 N–H and O–H groups in total. The Balaban J connectivity index is 2.03. The van der Waals surface area contributed by atoms with Crippen molar-refractivity contribution in [3.8, 4) is 5.69 Å². The molecule has 1 aliphatic rings. The maximum atomic E-state index is 5.91. The number of hydrogen-bond donors (Lipinski definition) is 1. The number of anilines is 1. The van der Waals surface area contributed by atoms with Crippen molar-refractivity contribution < 1.29 is 0 Å². The van der Waals surface area contributed by atoms with Gasteiger partial charge in [0.1, 0.15) is 5.82 Å². The van der Waals surface area contributed by atoms with Crippen LogP contribution in [0.15, 0.2) is 36.4 Å². The number of hydrogen-bond acceptors (Lipinski definition) is 2. The molecule has 1 fully saturated rings. The second-order valence-corrected chi connectivity index (χ2v) is 6.12. The topological polar surface area (TPSA) is 43.8 Å². The van der Waals surface area contributed by atoms with Gasteiger partial charge in [0, 0.05) is 11.6 Å². The Kier molecular flexibility index (Phi) is 2.58. The van der Waals surface area contributed by atoms with Crippen molar-refractivity contribution in [1.82, 2.24) is 9.55 Å². The minimum atomic E-state index is 0.597. The molecule has 1 aromatic heterocycles. The predicted molar refractivity (Wildman–Crippen MR) is 86.9 cm³/mol. The number of benzene rings is 2. The van der Waals surface area contributed by atoms with Gasteiger partial charge in [-0.2, -0.15) is 0 Å². The van der Waals surface area contributed by atoms with Crippen LogP contribution in [0.25, 0.3) is 16.7 Å². The zero-order chi connectivity index (χ0) is 14.6. The third kappa shape index (κ3) is 2.00. The quantitative estimate of drug-likeness (QED) is 0.717. The number of rotatable bonds is 2. The van der Waals surface area contributed by atoms with Gasteiger partial charge in [-0.25, -0.2) is 4.98 Å². The van der Waals surface area contributed by atoms with Gasteiger partial charge in [-0.1, -0.05) is 17.7 Å². The first kappa shape index (κ1) is 12.5. The van der Waals surface area contributed by atoms with Gasteiger partial charge < -0.3 is 5.73 Å². The number of nitrogen functional groups attached to an aromatic ring is 1. The maximum Gasteiger partial charge on any atom is 0.117 e. The molecule has 2 aromatic carbocycles. The lowest BCUT2D eigenvalue weighted by atomic mass is 10.1. The number of imidazole rings is 1. The van der Waals surface area contributed by atoms with Gasteiger partial charge >= 0.3 is 0 Å². The summed E-state index contributed by atoms with van der Waals surface area (Å²) >= 11 is 0. The van der Waals surface area contributed by atoms with Crippen LogP contribution in [-0.4, -0.2) is 9.55 Å². The highest BCUT2D eigenvalue weighted by Crippen LogP contribution is 2.42. The monoisotopic (exact) mass is 277 g/mol.